The average molecular weight is 325 g/mol. The van der Waals surface area contributed by atoms with Crippen LogP contribution in [0.4, 0.5) is 11.4 Å². The zero-order chi connectivity index (χ0) is 15.4. The lowest BCUT2D eigenvalue weighted by atomic mass is 10.1. The number of nitrogens with zero attached hydrogens (tertiary/aromatic N) is 2. The number of benzene rings is 2. The van der Waals surface area contributed by atoms with Crippen molar-refractivity contribution < 1.29 is 4.92 Å². The first-order valence-corrected chi connectivity index (χ1v) is 7.21. The van der Waals surface area contributed by atoms with E-state index in [1.807, 2.05) is 36.2 Å². The van der Waals surface area contributed by atoms with Gasteiger partial charge in [-0.3, -0.25) is 10.1 Å². The van der Waals surface area contributed by atoms with E-state index in [0.29, 0.717) is 17.1 Å². The van der Waals surface area contributed by atoms with Gasteiger partial charge in [0, 0.05) is 35.9 Å². The molecule has 0 atom stereocenters. The van der Waals surface area contributed by atoms with Crippen LogP contribution in [0.15, 0.2) is 42.5 Å². The molecule has 4 nitrogen and oxygen atoms in total. The van der Waals surface area contributed by atoms with Gasteiger partial charge in [-0.05, 0) is 29.8 Å². The van der Waals surface area contributed by atoms with E-state index in [-0.39, 0.29) is 11.6 Å². The molecule has 0 unspecified atom stereocenters. The third-order valence-electron chi connectivity index (χ3n) is 3.15. The van der Waals surface area contributed by atoms with Gasteiger partial charge in [0.25, 0.3) is 5.69 Å². The molecule has 0 heterocycles. The third kappa shape index (κ3) is 3.86. The Labute approximate surface area is 133 Å². The number of anilines is 1. The fourth-order valence-electron chi connectivity index (χ4n) is 2.09. The quantitative estimate of drug-likeness (QED) is 0.458. The minimum Gasteiger partial charge on any atom is -0.370 e. The van der Waals surface area contributed by atoms with Gasteiger partial charge in [-0.25, -0.2) is 0 Å². The van der Waals surface area contributed by atoms with Gasteiger partial charge in [-0.15, -0.1) is 11.6 Å². The van der Waals surface area contributed by atoms with Crippen LogP contribution in [-0.2, 0) is 12.4 Å². The number of hydrogen-bond donors (Lipinski definition) is 0. The summed E-state index contributed by atoms with van der Waals surface area (Å²) in [6.45, 7) is 0.653. The molecule has 0 aliphatic heterocycles. The molecule has 2 rings (SSSR count). The van der Waals surface area contributed by atoms with Crippen LogP contribution < -0.4 is 4.90 Å². The number of halogens is 2. The third-order valence-corrected chi connectivity index (χ3v) is 3.68. The molecule has 0 aliphatic carbocycles. The minimum absolute atomic E-state index is 0.0462. The monoisotopic (exact) mass is 324 g/mol. The summed E-state index contributed by atoms with van der Waals surface area (Å²) >= 11 is 11.8. The number of rotatable bonds is 5. The zero-order valence-corrected chi connectivity index (χ0v) is 12.9. The number of hydrogen-bond acceptors (Lipinski definition) is 3. The molecule has 110 valence electrons. The highest BCUT2D eigenvalue weighted by atomic mass is 35.5. The van der Waals surface area contributed by atoms with E-state index >= 15 is 0 Å². The average Bonchev–Trinajstić information content (AvgIpc) is 2.46. The smallest absolute Gasteiger partial charge is 0.273 e. The van der Waals surface area contributed by atoms with Crippen molar-refractivity contribution in [2.24, 2.45) is 0 Å². The van der Waals surface area contributed by atoms with Gasteiger partial charge in [0.05, 0.1) is 10.8 Å². The molecular weight excluding hydrogens is 311 g/mol. The van der Waals surface area contributed by atoms with Gasteiger partial charge in [0.2, 0.25) is 0 Å². The van der Waals surface area contributed by atoms with Gasteiger partial charge in [0.1, 0.15) is 0 Å². The molecular formula is C15H14Cl2N2O2. The number of nitro groups is 1. The lowest BCUT2D eigenvalue weighted by Gasteiger charge is -2.20. The van der Waals surface area contributed by atoms with Gasteiger partial charge in [-0.1, -0.05) is 23.7 Å². The Balaban J connectivity index is 2.23. The van der Waals surface area contributed by atoms with E-state index in [1.165, 1.54) is 6.07 Å². The summed E-state index contributed by atoms with van der Waals surface area (Å²) in [6.07, 6.45) is 0. The van der Waals surface area contributed by atoms with Crippen LogP contribution in [0.25, 0.3) is 0 Å². The largest absolute Gasteiger partial charge is 0.370 e. The summed E-state index contributed by atoms with van der Waals surface area (Å²) in [5, 5.41) is 11.6. The molecule has 0 spiro atoms. The summed E-state index contributed by atoms with van der Waals surface area (Å²) in [6, 6.07) is 12.5. The van der Waals surface area contributed by atoms with E-state index in [4.69, 9.17) is 23.2 Å². The van der Waals surface area contributed by atoms with Gasteiger partial charge in [-0.2, -0.15) is 0 Å². The first-order valence-electron chi connectivity index (χ1n) is 6.30. The highest BCUT2D eigenvalue weighted by Crippen LogP contribution is 2.26. The molecule has 0 N–H and O–H groups in total. The Morgan fingerprint density at radius 2 is 2.00 bits per heavy atom. The van der Waals surface area contributed by atoms with Crippen molar-refractivity contribution in [1.29, 1.82) is 0 Å². The van der Waals surface area contributed by atoms with Crippen molar-refractivity contribution in [1.82, 2.24) is 0 Å². The summed E-state index contributed by atoms with van der Waals surface area (Å²) in [5.74, 6) is 0.106. The maximum Gasteiger partial charge on any atom is 0.273 e. The van der Waals surface area contributed by atoms with Crippen molar-refractivity contribution in [2.75, 3.05) is 11.9 Å². The molecule has 0 bridgehead atoms. The van der Waals surface area contributed by atoms with Crippen LogP contribution in [0.1, 0.15) is 11.1 Å². The van der Waals surface area contributed by atoms with Gasteiger partial charge < -0.3 is 4.90 Å². The Morgan fingerprint density at radius 3 is 2.62 bits per heavy atom. The van der Waals surface area contributed by atoms with Crippen molar-refractivity contribution in [2.45, 2.75) is 12.4 Å². The summed E-state index contributed by atoms with van der Waals surface area (Å²) < 4.78 is 0. The molecule has 0 amide bonds. The Hall–Kier alpha value is -1.78. The molecule has 0 radical (unpaired) electrons. The normalized spacial score (nSPS) is 10.4. The standard InChI is InChI=1S/C15H14Cl2N2O2/c1-18(10-11-3-2-4-13(17)7-11)14-5-6-15(19(20)21)12(8-14)9-16/h2-8H,9-10H2,1H3. The molecule has 0 saturated heterocycles. The van der Waals surface area contributed by atoms with Crippen LogP contribution in [0.5, 0.6) is 0 Å². The first-order chi connectivity index (χ1) is 10.0. The summed E-state index contributed by atoms with van der Waals surface area (Å²) in [7, 11) is 1.92. The van der Waals surface area contributed by atoms with E-state index in [0.717, 1.165) is 11.3 Å². The maximum absolute atomic E-state index is 10.9. The second kappa shape index (κ2) is 6.78. The van der Waals surface area contributed by atoms with Gasteiger partial charge >= 0.3 is 0 Å². The Kier molecular flexibility index (Phi) is 5.04. The van der Waals surface area contributed by atoms with Crippen molar-refractivity contribution in [3.8, 4) is 0 Å². The molecule has 2 aromatic carbocycles. The molecule has 6 heteroatoms. The van der Waals surface area contributed by atoms with E-state index in [9.17, 15) is 10.1 Å². The van der Waals surface area contributed by atoms with Crippen molar-refractivity contribution in [3.63, 3.8) is 0 Å². The van der Waals surface area contributed by atoms with E-state index in [1.54, 1.807) is 12.1 Å². The van der Waals surface area contributed by atoms with Crippen LogP contribution in [-0.4, -0.2) is 12.0 Å². The summed E-state index contributed by atoms with van der Waals surface area (Å²) in [5.41, 5.74) is 2.49. The minimum atomic E-state index is -0.418. The van der Waals surface area contributed by atoms with Crippen LogP contribution in [0, 0.1) is 10.1 Å². The fraction of sp³-hybridized carbons (Fsp3) is 0.200. The molecule has 21 heavy (non-hydrogen) atoms. The highest BCUT2D eigenvalue weighted by molar-refractivity contribution is 6.30. The lowest BCUT2D eigenvalue weighted by molar-refractivity contribution is -0.385. The van der Waals surface area contributed by atoms with E-state index < -0.39 is 4.92 Å². The SMILES string of the molecule is CN(Cc1cccc(Cl)c1)c1ccc([N+](=O)[O-])c(CCl)c1. The predicted molar refractivity (Wildman–Crippen MR) is 86.2 cm³/mol. The fourth-order valence-corrected chi connectivity index (χ4v) is 2.52. The molecule has 2 aromatic rings. The van der Waals surface area contributed by atoms with Crippen LogP contribution in [0.3, 0.4) is 0 Å². The van der Waals surface area contributed by atoms with Crippen LogP contribution in [0.2, 0.25) is 5.02 Å². The first kappa shape index (κ1) is 15.6. The van der Waals surface area contributed by atoms with Crippen molar-refractivity contribution >= 4 is 34.6 Å². The zero-order valence-electron chi connectivity index (χ0n) is 11.4. The number of alkyl halides is 1. The second-order valence-electron chi connectivity index (χ2n) is 4.69. The Bertz CT molecular complexity index is 662. The molecule has 0 aromatic heterocycles. The van der Waals surface area contributed by atoms with E-state index in [2.05, 4.69) is 0 Å². The highest BCUT2D eigenvalue weighted by Gasteiger charge is 2.14. The molecule has 0 saturated carbocycles. The second-order valence-corrected chi connectivity index (χ2v) is 5.39. The Morgan fingerprint density at radius 1 is 1.24 bits per heavy atom. The molecule has 0 fully saturated rings. The lowest BCUT2D eigenvalue weighted by Crippen LogP contribution is -2.16. The number of nitro benzene ring substituents is 1. The topological polar surface area (TPSA) is 46.4 Å². The van der Waals surface area contributed by atoms with Gasteiger partial charge in [0.15, 0.2) is 0 Å². The predicted octanol–water partition coefficient (Wildman–Crippen LogP) is 4.62. The van der Waals surface area contributed by atoms with Crippen LogP contribution >= 0.6 is 23.2 Å². The van der Waals surface area contributed by atoms with Crippen molar-refractivity contribution in [3.05, 3.63) is 68.7 Å². The summed E-state index contributed by atoms with van der Waals surface area (Å²) in [4.78, 5) is 12.5. The molecule has 0 aliphatic rings. The maximum atomic E-state index is 10.9.